The van der Waals surface area contributed by atoms with Gasteiger partial charge in [-0.2, -0.15) is 5.10 Å². The summed E-state index contributed by atoms with van der Waals surface area (Å²) in [6, 6.07) is 0. The van der Waals surface area contributed by atoms with Crippen molar-refractivity contribution in [3.8, 4) is 0 Å². The molecule has 110 valence electrons. The summed E-state index contributed by atoms with van der Waals surface area (Å²) < 4.78 is 1.87. The molecule has 5 heteroatoms. The molecule has 1 N–H and O–H groups in total. The molecule has 2 aliphatic carbocycles. The van der Waals surface area contributed by atoms with E-state index in [1.807, 2.05) is 11.7 Å². The highest BCUT2D eigenvalue weighted by Gasteiger charge is 2.37. The Labute approximate surface area is 119 Å². The minimum Gasteiger partial charge on any atom is -0.481 e. The topological polar surface area (TPSA) is 68.0 Å². The van der Waals surface area contributed by atoms with E-state index in [-0.39, 0.29) is 11.8 Å². The average Bonchev–Trinajstić information content (AvgIpc) is 3.16. The third-order valence-corrected chi connectivity index (χ3v) is 4.79. The Morgan fingerprint density at radius 2 is 2.05 bits per heavy atom. The molecule has 3 rings (SSSR count). The van der Waals surface area contributed by atoms with Gasteiger partial charge in [0.05, 0.1) is 6.42 Å². The number of carboxylic acid groups (broad SMARTS) is 1. The van der Waals surface area contributed by atoms with Crippen LogP contribution in [-0.2, 0) is 18.3 Å². The van der Waals surface area contributed by atoms with E-state index in [0.29, 0.717) is 5.92 Å². The van der Waals surface area contributed by atoms with Gasteiger partial charge in [-0.25, -0.2) is 4.98 Å². The molecule has 0 unspecified atom stereocenters. The lowest BCUT2D eigenvalue weighted by molar-refractivity contribution is -0.140. The van der Waals surface area contributed by atoms with E-state index < -0.39 is 5.97 Å². The first kappa shape index (κ1) is 13.6. The molecule has 5 nitrogen and oxygen atoms in total. The number of carboxylic acids is 1. The maximum absolute atomic E-state index is 11.2. The highest BCUT2D eigenvalue weighted by atomic mass is 16.4. The van der Waals surface area contributed by atoms with Gasteiger partial charge in [-0.05, 0) is 31.1 Å². The van der Waals surface area contributed by atoms with Gasteiger partial charge in [0.25, 0.3) is 0 Å². The molecule has 0 bridgehead atoms. The summed E-state index contributed by atoms with van der Waals surface area (Å²) in [7, 11) is 1.94. The Morgan fingerprint density at radius 1 is 1.35 bits per heavy atom. The first-order chi connectivity index (χ1) is 9.58. The molecule has 0 radical (unpaired) electrons. The molecule has 2 fully saturated rings. The largest absolute Gasteiger partial charge is 0.481 e. The molecular formula is C15H23N3O2. The quantitative estimate of drug-likeness (QED) is 0.898. The summed E-state index contributed by atoms with van der Waals surface area (Å²) >= 11 is 0. The fourth-order valence-corrected chi connectivity index (χ4v) is 3.48. The van der Waals surface area contributed by atoms with Gasteiger partial charge in [0.1, 0.15) is 5.82 Å². The fourth-order valence-electron chi connectivity index (χ4n) is 3.48. The van der Waals surface area contributed by atoms with Crippen LogP contribution in [0.3, 0.4) is 0 Å². The smallest absolute Gasteiger partial charge is 0.303 e. The van der Waals surface area contributed by atoms with Crippen LogP contribution in [0.2, 0.25) is 0 Å². The molecule has 1 heterocycles. The first-order valence-corrected chi connectivity index (χ1v) is 7.70. The molecule has 0 spiro atoms. The van der Waals surface area contributed by atoms with Gasteiger partial charge in [-0.3, -0.25) is 9.48 Å². The summed E-state index contributed by atoms with van der Waals surface area (Å²) in [5.41, 5.74) is -0.105. The summed E-state index contributed by atoms with van der Waals surface area (Å²) in [5, 5.41) is 13.7. The molecule has 0 aromatic carbocycles. The van der Waals surface area contributed by atoms with Crippen molar-refractivity contribution in [2.45, 2.75) is 63.7 Å². The second kappa shape index (κ2) is 5.19. The summed E-state index contributed by atoms with van der Waals surface area (Å²) in [4.78, 5) is 15.9. The normalized spacial score (nSPS) is 21.9. The molecule has 20 heavy (non-hydrogen) atoms. The lowest BCUT2D eigenvalue weighted by Gasteiger charge is -2.35. The van der Waals surface area contributed by atoms with Gasteiger partial charge >= 0.3 is 5.97 Å². The van der Waals surface area contributed by atoms with Crippen molar-refractivity contribution in [2.24, 2.45) is 12.5 Å². The number of aromatic nitrogens is 3. The van der Waals surface area contributed by atoms with Gasteiger partial charge in [0, 0.05) is 19.4 Å². The van der Waals surface area contributed by atoms with E-state index in [1.54, 1.807) is 0 Å². The zero-order chi connectivity index (χ0) is 14.2. The minimum absolute atomic E-state index is 0.105. The lowest BCUT2D eigenvalue weighted by atomic mass is 9.69. The molecule has 0 amide bonds. The third-order valence-electron chi connectivity index (χ3n) is 4.79. The second-order valence-electron chi connectivity index (χ2n) is 6.59. The van der Waals surface area contributed by atoms with Crippen molar-refractivity contribution in [1.82, 2.24) is 14.8 Å². The number of carbonyl (C=O) groups is 1. The standard InChI is InChI=1S/C15H23N3O2/c1-18-12(16-14(17-18)11-5-6-11)9-15(10-13(19)20)7-3-2-4-8-15/h11H,2-10H2,1H3,(H,19,20). The van der Waals surface area contributed by atoms with Crippen molar-refractivity contribution in [3.63, 3.8) is 0 Å². The van der Waals surface area contributed by atoms with Crippen LogP contribution < -0.4 is 0 Å². The van der Waals surface area contributed by atoms with Gasteiger partial charge in [-0.15, -0.1) is 0 Å². The van der Waals surface area contributed by atoms with Crippen LogP contribution in [0.15, 0.2) is 0 Å². The number of rotatable bonds is 5. The molecule has 2 saturated carbocycles. The van der Waals surface area contributed by atoms with E-state index in [1.165, 1.54) is 19.3 Å². The summed E-state index contributed by atoms with van der Waals surface area (Å²) in [5.74, 6) is 1.80. The van der Waals surface area contributed by atoms with Crippen molar-refractivity contribution in [2.75, 3.05) is 0 Å². The first-order valence-electron chi connectivity index (χ1n) is 7.70. The van der Waals surface area contributed by atoms with Crippen LogP contribution in [0, 0.1) is 5.41 Å². The Bertz CT molecular complexity index is 499. The second-order valence-corrected chi connectivity index (χ2v) is 6.59. The zero-order valence-electron chi connectivity index (χ0n) is 12.1. The van der Waals surface area contributed by atoms with Crippen LogP contribution in [0.1, 0.15) is 68.9 Å². The van der Waals surface area contributed by atoms with Crippen molar-refractivity contribution in [3.05, 3.63) is 11.6 Å². The van der Waals surface area contributed by atoms with Crippen LogP contribution in [0.5, 0.6) is 0 Å². The van der Waals surface area contributed by atoms with Crippen molar-refractivity contribution < 1.29 is 9.90 Å². The lowest BCUT2D eigenvalue weighted by Crippen LogP contribution is -2.30. The van der Waals surface area contributed by atoms with Gasteiger partial charge < -0.3 is 5.11 Å². The fraction of sp³-hybridized carbons (Fsp3) is 0.800. The number of hydrogen-bond acceptors (Lipinski definition) is 3. The van der Waals surface area contributed by atoms with Gasteiger partial charge in [0.2, 0.25) is 0 Å². The predicted molar refractivity (Wildman–Crippen MR) is 74.5 cm³/mol. The summed E-state index contributed by atoms with van der Waals surface area (Å²) in [6.45, 7) is 0. The molecule has 0 saturated heterocycles. The average molecular weight is 277 g/mol. The Hall–Kier alpha value is -1.39. The minimum atomic E-state index is -0.684. The number of nitrogens with zero attached hydrogens (tertiary/aromatic N) is 3. The number of aryl methyl sites for hydroxylation is 1. The van der Waals surface area contributed by atoms with E-state index in [2.05, 4.69) is 10.1 Å². The van der Waals surface area contributed by atoms with E-state index in [4.69, 9.17) is 0 Å². The van der Waals surface area contributed by atoms with E-state index in [0.717, 1.165) is 43.8 Å². The maximum Gasteiger partial charge on any atom is 0.303 e. The Kier molecular flexibility index (Phi) is 3.52. The van der Waals surface area contributed by atoms with E-state index >= 15 is 0 Å². The summed E-state index contributed by atoms with van der Waals surface area (Å²) in [6.07, 6.45) is 8.94. The van der Waals surface area contributed by atoms with Crippen LogP contribution in [0.4, 0.5) is 0 Å². The molecule has 2 aliphatic rings. The van der Waals surface area contributed by atoms with Crippen LogP contribution >= 0.6 is 0 Å². The molecule has 1 aromatic rings. The van der Waals surface area contributed by atoms with Crippen LogP contribution in [0.25, 0.3) is 0 Å². The van der Waals surface area contributed by atoms with Crippen molar-refractivity contribution >= 4 is 5.97 Å². The maximum atomic E-state index is 11.2. The highest BCUT2D eigenvalue weighted by Crippen LogP contribution is 2.43. The Morgan fingerprint density at radius 3 is 2.65 bits per heavy atom. The molecule has 1 aromatic heterocycles. The Balaban J connectivity index is 1.79. The number of hydrogen-bond donors (Lipinski definition) is 1. The SMILES string of the molecule is Cn1nc(C2CC2)nc1CC1(CC(=O)O)CCCCC1. The van der Waals surface area contributed by atoms with E-state index in [9.17, 15) is 9.90 Å². The predicted octanol–water partition coefficient (Wildman–Crippen LogP) is 2.66. The monoisotopic (exact) mass is 277 g/mol. The van der Waals surface area contributed by atoms with Gasteiger partial charge in [0.15, 0.2) is 5.82 Å². The molecule has 0 atom stereocenters. The molecular weight excluding hydrogens is 254 g/mol. The molecule has 0 aliphatic heterocycles. The van der Waals surface area contributed by atoms with Crippen LogP contribution in [-0.4, -0.2) is 25.8 Å². The number of aliphatic carboxylic acids is 1. The van der Waals surface area contributed by atoms with Gasteiger partial charge in [-0.1, -0.05) is 19.3 Å². The highest BCUT2D eigenvalue weighted by molar-refractivity contribution is 5.67. The third kappa shape index (κ3) is 2.86. The van der Waals surface area contributed by atoms with Crippen molar-refractivity contribution in [1.29, 1.82) is 0 Å². The zero-order valence-corrected chi connectivity index (χ0v) is 12.1.